The highest BCUT2D eigenvalue weighted by Gasteiger charge is 2.16. The van der Waals surface area contributed by atoms with Gasteiger partial charge in [-0.1, -0.05) is 18.5 Å². The minimum absolute atomic E-state index is 0.00396. The molecule has 102 valence electrons. The summed E-state index contributed by atoms with van der Waals surface area (Å²) in [7, 11) is 1.60. The number of ether oxygens (including phenoxy) is 1. The van der Waals surface area contributed by atoms with Gasteiger partial charge in [-0.25, -0.2) is 0 Å². The van der Waals surface area contributed by atoms with Crippen molar-refractivity contribution in [1.82, 2.24) is 15.1 Å². The number of rotatable bonds is 6. The summed E-state index contributed by atoms with van der Waals surface area (Å²) < 4.78 is 6.65. The van der Waals surface area contributed by atoms with Crippen molar-refractivity contribution in [3.8, 4) is 0 Å². The van der Waals surface area contributed by atoms with Gasteiger partial charge in [-0.15, -0.1) is 0 Å². The normalized spacial score (nSPS) is 12.5. The fraction of sp³-hybridized carbons (Fsp3) is 0.667. The lowest BCUT2D eigenvalue weighted by molar-refractivity contribution is -0.125. The second-order valence-electron chi connectivity index (χ2n) is 4.35. The monoisotopic (exact) mass is 273 g/mol. The Morgan fingerprint density at radius 3 is 2.72 bits per heavy atom. The molecule has 1 heterocycles. The topological polar surface area (TPSA) is 56.1 Å². The standard InChI is InChI=1S/C12H20ClN3O2/c1-8(12(17)14-5-6-18-4)7-16-10(3)11(13)9(2)15-16/h8H,5-7H2,1-4H3,(H,14,17). The van der Waals surface area contributed by atoms with Gasteiger partial charge < -0.3 is 10.1 Å². The van der Waals surface area contributed by atoms with Crippen LogP contribution in [-0.2, 0) is 16.1 Å². The van der Waals surface area contributed by atoms with E-state index in [1.54, 1.807) is 11.8 Å². The Hall–Kier alpha value is -1.07. The number of nitrogens with one attached hydrogen (secondary N) is 1. The van der Waals surface area contributed by atoms with E-state index in [0.717, 1.165) is 11.4 Å². The molecule has 0 aliphatic heterocycles. The smallest absolute Gasteiger partial charge is 0.224 e. The Balaban J connectivity index is 2.55. The number of amides is 1. The molecule has 0 aromatic carbocycles. The zero-order valence-electron chi connectivity index (χ0n) is 11.3. The minimum atomic E-state index is -0.157. The Morgan fingerprint density at radius 2 is 2.22 bits per heavy atom. The van der Waals surface area contributed by atoms with Crippen LogP contribution in [0, 0.1) is 19.8 Å². The molecule has 1 aromatic rings. The Labute approximate surface area is 112 Å². The van der Waals surface area contributed by atoms with Crippen LogP contribution in [0.4, 0.5) is 0 Å². The molecule has 1 aromatic heterocycles. The second kappa shape index (κ2) is 6.75. The van der Waals surface area contributed by atoms with Crippen LogP contribution in [0.5, 0.6) is 0 Å². The van der Waals surface area contributed by atoms with Gasteiger partial charge in [0.2, 0.25) is 5.91 Å². The highest BCUT2D eigenvalue weighted by molar-refractivity contribution is 6.31. The summed E-state index contributed by atoms with van der Waals surface area (Å²) in [5, 5.41) is 7.78. The molecule has 1 unspecified atom stereocenters. The predicted octanol–water partition coefficient (Wildman–Crippen LogP) is 1.55. The van der Waals surface area contributed by atoms with E-state index in [4.69, 9.17) is 16.3 Å². The molecule has 0 fully saturated rings. The van der Waals surface area contributed by atoms with Crippen molar-refractivity contribution in [3.63, 3.8) is 0 Å². The molecular weight excluding hydrogens is 254 g/mol. The van der Waals surface area contributed by atoms with Crippen molar-refractivity contribution in [3.05, 3.63) is 16.4 Å². The molecular formula is C12H20ClN3O2. The maximum absolute atomic E-state index is 11.8. The van der Waals surface area contributed by atoms with Crippen molar-refractivity contribution >= 4 is 17.5 Å². The third-order valence-electron chi connectivity index (χ3n) is 2.79. The summed E-state index contributed by atoms with van der Waals surface area (Å²) >= 11 is 6.06. The van der Waals surface area contributed by atoms with E-state index < -0.39 is 0 Å². The van der Waals surface area contributed by atoms with Crippen LogP contribution < -0.4 is 5.32 Å². The van der Waals surface area contributed by atoms with Gasteiger partial charge in [0.15, 0.2) is 0 Å². The van der Waals surface area contributed by atoms with E-state index in [2.05, 4.69) is 10.4 Å². The van der Waals surface area contributed by atoms with E-state index in [-0.39, 0.29) is 11.8 Å². The first-order chi connectivity index (χ1) is 8.47. The van der Waals surface area contributed by atoms with Crippen LogP contribution in [0.3, 0.4) is 0 Å². The number of aryl methyl sites for hydroxylation is 1. The van der Waals surface area contributed by atoms with Gasteiger partial charge in [-0.05, 0) is 13.8 Å². The summed E-state index contributed by atoms with van der Waals surface area (Å²) in [5.74, 6) is -0.161. The zero-order chi connectivity index (χ0) is 13.7. The van der Waals surface area contributed by atoms with Gasteiger partial charge in [0.05, 0.1) is 35.5 Å². The number of halogens is 1. The van der Waals surface area contributed by atoms with Crippen molar-refractivity contribution in [2.45, 2.75) is 27.3 Å². The molecule has 1 atom stereocenters. The van der Waals surface area contributed by atoms with Gasteiger partial charge in [-0.2, -0.15) is 5.10 Å². The SMILES string of the molecule is COCCNC(=O)C(C)Cn1nc(C)c(Cl)c1C. The van der Waals surface area contributed by atoms with E-state index in [1.807, 2.05) is 20.8 Å². The lowest BCUT2D eigenvalue weighted by Gasteiger charge is -2.13. The number of carbonyl (C=O) groups excluding carboxylic acids is 1. The molecule has 0 saturated heterocycles. The van der Waals surface area contributed by atoms with E-state index in [1.165, 1.54) is 0 Å². The molecule has 1 N–H and O–H groups in total. The average molecular weight is 274 g/mol. The molecule has 0 bridgehead atoms. The van der Waals surface area contributed by atoms with Gasteiger partial charge in [0.1, 0.15) is 0 Å². The quantitative estimate of drug-likeness (QED) is 0.800. The Kier molecular flexibility index (Phi) is 5.62. The summed E-state index contributed by atoms with van der Waals surface area (Å²) in [4.78, 5) is 11.8. The summed E-state index contributed by atoms with van der Waals surface area (Å²) in [6, 6.07) is 0. The molecule has 0 radical (unpaired) electrons. The number of methoxy groups -OCH3 is 1. The first kappa shape index (κ1) is 15.0. The van der Waals surface area contributed by atoms with Crippen LogP contribution in [-0.4, -0.2) is 35.9 Å². The van der Waals surface area contributed by atoms with Crippen LogP contribution >= 0.6 is 11.6 Å². The van der Waals surface area contributed by atoms with Gasteiger partial charge in [0, 0.05) is 13.7 Å². The van der Waals surface area contributed by atoms with Crippen LogP contribution in [0.15, 0.2) is 0 Å². The number of nitrogens with zero attached hydrogens (tertiary/aromatic N) is 2. The average Bonchev–Trinajstić information content (AvgIpc) is 2.57. The van der Waals surface area contributed by atoms with Gasteiger partial charge in [0.25, 0.3) is 0 Å². The Morgan fingerprint density at radius 1 is 1.56 bits per heavy atom. The van der Waals surface area contributed by atoms with Crippen LogP contribution in [0.2, 0.25) is 5.02 Å². The summed E-state index contributed by atoms with van der Waals surface area (Å²) in [6.07, 6.45) is 0. The highest BCUT2D eigenvalue weighted by atomic mass is 35.5. The summed E-state index contributed by atoms with van der Waals surface area (Å²) in [5.41, 5.74) is 1.69. The van der Waals surface area contributed by atoms with Crippen LogP contribution in [0.1, 0.15) is 18.3 Å². The molecule has 1 rings (SSSR count). The van der Waals surface area contributed by atoms with E-state index >= 15 is 0 Å². The second-order valence-corrected chi connectivity index (χ2v) is 4.73. The molecule has 0 saturated carbocycles. The molecule has 0 spiro atoms. The lowest BCUT2D eigenvalue weighted by atomic mass is 10.1. The summed E-state index contributed by atoms with van der Waals surface area (Å²) in [6.45, 7) is 7.19. The minimum Gasteiger partial charge on any atom is -0.383 e. The van der Waals surface area contributed by atoms with Crippen molar-refractivity contribution < 1.29 is 9.53 Å². The third kappa shape index (κ3) is 3.71. The Bertz CT molecular complexity index is 418. The zero-order valence-corrected chi connectivity index (χ0v) is 12.0. The number of hydrogen-bond acceptors (Lipinski definition) is 3. The lowest BCUT2D eigenvalue weighted by Crippen LogP contribution is -2.34. The molecule has 6 heteroatoms. The molecule has 1 amide bonds. The largest absolute Gasteiger partial charge is 0.383 e. The highest BCUT2D eigenvalue weighted by Crippen LogP contribution is 2.19. The van der Waals surface area contributed by atoms with Crippen molar-refractivity contribution in [1.29, 1.82) is 0 Å². The van der Waals surface area contributed by atoms with E-state index in [9.17, 15) is 4.79 Å². The van der Waals surface area contributed by atoms with Crippen molar-refractivity contribution in [2.75, 3.05) is 20.3 Å². The molecule has 0 aliphatic carbocycles. The molecule has 0 aliphatic rings. The first-order valence-electron chi connectivity index (χ1n) is 5.93. The predicted molar refractivity (Wildman–Crippen MR) is 70.8 cm³/mol. The maximum atomic E-state index is 11.8. The van der Waals surface area contributed by atoms with Gasteiger partial charge >= 0.3 is 0 Å². The first-order valence-corrected chi connectivity index (χ1v) is 6.31. The fourth-order valence-electron chi connectivity index (χ4n) is 1.65. The van der Waals surface area contributed by atoms with Crippen LogP contribution in [0.25, 0.3) is 0 Å². The molecule has 5 nitrogen and oxygen atoms in total. The van der Waals surface area contributed by atoms with E-state index in [0.29, 0.717) is 24.7 Å². The maximum Gasteiger partial charge on any atom is 0.224 e. The fourth-order valence-corrected chi connectivity index (χ4v) is 1.78. The van der Waals surface area contributed by atoms with Crippen molar-refractivity contribution in [2.24, 2.45) is 5.92 Å². The molecule has 18 heavy (non-hydrogen) atoms. The number of carbonyl (C=O) groups is 1. The number of aromatic nitrogens is 2. The third-order valence-corrected chi connectivity index (χ3v) is 3.34. The van der Waals surface area contributed by atoms with Gasteiger partial charge in [-0.3, -0.25) is 9.48 Å². The number of hydrogen-bond donors (Lipinski definition) is 1.